The van der Waals surface area contributed by atoms with Crippen LogP contribution in [-0.4, -0.2) is 22.5 Å². The smallest absolute Gasteiger partial charge is 0.305 e. The summed E-state index contributed by atoms with van der Waals surface area (Å²) in [5.41, 5.74) is -0.0345. The Hall–Kier alpha value is -1.91. The Bertz CT molecular complexity index is 536. The Kier molecular flexibility index (Phi) is 4.06. The maximum absolute atomic E-state index is 13.8. The fourth-order valence-electron chi connectivity index (χ4n) is 2.80. The minimum atomic E-state index is -0.948. The van der Waals surface area contributed by atoms with Gasteiger partial charge in [-0.25, -0.2) is 4.39 Å². The largest absolute Gasteiger partial charge is 0.481 e. The normalized spacial score (nSPS) is 16.9. The number of carbonyl (C=O) groups excluding carboxylic acids is 1. The SMILES string of the molecule is Cc1ccc(C(=O)NC2(CC(=O)O)CCCC2)c(F)c1. The highest BCUT2D eigenvalue weighted by Gasteiger charge is 2.37. The molecule has 0 heterocycles. The van der Waals surface area contributed by atoms with Crippen LogP contribution < -0.4 is 5.32 Å². The fourth-order valence-corrected chi connectivity index (χ4v) is 2.80. The van der Waals surface area contributed by atoms with Crippen LogP contribution in [0.3, 0.4) is 0 Å². The topological polar surface area (TPSA) is 66.4 Å². The molecular formula is C15H18FNO3. The van der Waals surface area contributed by atoms with Gasteiger partial charge in [-0.15, -0.1) is 0 Å². The summed E-state index contributed by atoms with van der Waals surface area (Å²) in [5, 5.41) is 11.7. The molecule has 1 saturated carbocycles. The lowest BCUT2D eigenvalue weighted by Crippen LogP contribution is -2.48. The lowest BCUT2D eigenvalue weighted by molar-refractivity contribution is -0.138. The van der Waals surface area contributed by atoms with Crippen molar-refractivity contribution >= 4 is 11.9 Å². The highest BCUT2D eigenvalue weighted by atomic mass is 19.1. The summed E-state index contributed by atoms with van der Waals surface area (Å²) in [6, 6.07) is 4.40. The first-order valence-corrected chi connectivity index (χ1v) is 6.72. The third-order valence-electron chi connectivity index (χ3n) is 3.80. The van der Waals surface area contributed by atoms with Gasteiger partial charge in [-0.2, -0.15) is 0 Å². The number of hydrogen-bond acceptors (Lipinski definition) is 2. The minimum absolute atomic E-state index is 0.0349. The van der Waals surface area contributed by atoms with Crippen molar-refractivity contribution in [2.45, 2.75) is 44.6 Å². The zero-order chi connectivity index (χ0) is 14.8. The Morgan fingerprint density at radius 2 is 2.00 bits per heavy atom. The van der Waals surface area contributed by atoms with Crippen molar-refractivity contribution in [1.82, 2.24) is 5.32 Å². The van der Waals surface area contributed by atoms with Gasteiger partial charge in [0, 0.05) is 0 Å². The average Bonchev–Trinajstić information content (AvgIpc) is 2.75. The molecule has 20 heavy (non-hydrogen) atoms. The molecule has 0 saturated heterocycles. The number of halogens is 1. The highest BCUT2D eigenvalue weighted by molar-refractivity contribution is 5.95. The molecule has 0 spiro atoms. The summed E-state index contributed by atoms with van der Waals surface area (Å²) >= 11 is 0. The zero-order valence-electron chi connectivity index (χ0n) is 11.4. The lowest BCUT2D eigenvalue weighted by atomic mass is 9.92. The van der Waals surface area contributed by atoms with Crippen molar-refractivity contribution in [2.24, 2.45) is 0 Å². The quantitative estimate of drug-likeness (QED) is 0.890. The number of amides is 1. The number of carboxylic acids is 1. The molecule has 0 unspecified atom stereocenters. The van der Waals surface area contributed by atoms with Crippen molar-refractivity contribution in [3.8, 4) is 0 Å². The summed E-state index contributed by atoms with van der Waals surface area (Å²) in [6.45, 7) is 1.74. The van der Waals surface area contributed by atoms with Crippen molar-refractivity contribution in [1.29, 1.82) is 0 Å². The molecule has 2 rings (SSSR count). The number of carbonyl (C=O) groups is 2. The molecule has 0 aromatic heterocycles. The van der Waals surface area contributed by atoms with Gasteiger partial charge in [0.1, 0.15) is 5.82 Å². The number of hydrogen-bond donors (Lipinski definition) is 2. The molecule has 5 heteroatoms. The van der Waals surface area contributed by atoms with Crippen molar-refractivity contribution in [3.05, 3.63) is 35.1 Å². The molecule has 0 atom stereocenters. The average molecular weight is 279 g/mol. The summed E-state index contributed by atoms with van der Waals surface area (Å²) in [7, 11) is 0. The number of carboxylic acid groups (broad SMARTS) is 1. The van der Waals surface area contributed by atoms with Gasteiger partial charge in [0.05, 0.1) is 17.5 Å². The fraction of sp³-hybridized carbons (Fsp3) is 0.467. The van der Waals surface area contributed by atoms with Crippen LogP contribution in [0.5, 0.6) is 0 Å². The maximum atomic E-state index is 13.8. The molecule has 108 valence electrons. The molecule has 4 nitrogen and oxygen atoms in total. The van der Waals surface area contributed by atoms with Crippen LogP contribution in [0.2, 0.25) is 0 Å². The van der Waals surface area contributed by atoms with Gasteiger partial charge < -0.3 is 10.4 Å². The first-order valence-electron chi connectivity index (χ1n) is 6.72. The summed E-state index contributed by atoms with van der Waals surface area (Å²) < 4.78 is 13.8. The summed E-state index contributed by atoms with van der Waals surface area (Å²) in [6.07, 6.45) is 2.89. The first kappa shape index (κ1) is 14.5. The highest BCUT2D eigenvalue weighted by Crippen LogP contribution is 2.33. The van der Waals surface area contributed by atoms with E-state index in [0.717, 1.165) is 18.4 Å². The Morgan fingerprint density at radius 3 is 2.55 bits per heavy atom. The first-order chi connectivity index (χ1) is 9.42. The van der Waals surface area contributed by atoms with E-state index < -0.39 is 23.2 Å². The van der Waals surface area contributed by atoms with Crippen molar-refractivity contribution < 1.29 is 19.1 Å². The predicted octanol–water partition coefficient (Wildman–Crippen LogP) is 2.65. The number of aryl methyl sites for hydroxylation is 1. The van der Waals surface area contributed by atoms with Gasteiger partial charge in [0.25, 0.3) is 5.91 Å². The predicted molar refractivity (Wildman–Crippen MR) is 72.1 cm³/mol. The Balaban J connectivity index is 2.18. The second-order valence-corrected chi connectivity index (χ2v) is 5.50. The van der Waals surface area contributed by atoms with Crippen LogP contribution in [0.4, 0.5) is 4.39 Å². The molecule has 1 amide bonds. The number of aliphatic carboxylic acids is 1. The van der Waals surface area contributed by atoms with Gasteiger partial charge in [0.2, 0.25) is 0 Å². The van der Waals surface area contributed by atoms with Crippen LogP contribution >= 0.6 is 0 Å². The second-order valence-electron chi connectivity index (χ2n) is 5.50. The van der Waals surface area contributed by atoms with Crippen LogP contribution in [-0.2, 0) is 4.79 Å². The second kappa shape index (κ2) is 5.61. The van der Waals surface area contributed by atoms with E-state index in [1.54, 1.807) is 13.0 Å². The molecule has 1 aliphatic rings. The third kappa shape index (κ3) is 3.15. The number of nitrogens with one attached hydrogen (secondary N) is 1. The Labute approximate surface area is 117 Å². The van der Waals surface area contributed by atoms with E-state index in [-0.39, 0.29) is 12.0 Å². The molecule has 1 fully saturated rings. The third-order valence-corrected chi connectivity index (χ3v) is 3.80. The van der Waals surface area contributed by atoms with E-state index in [2.05, 4.69) is 5.32 Å². The minimum Gasteiger partial charge on any atom is -0.481 e. The van der Waals surface area contributed by atoms with E-state index in [9.17, 15) is 14.0 Å². The molecule has 1 aliphatic carbocycles. The molecule has 0 bridgehead atoms. The maximum Gasteiger partial charge on any atom is 0.305 e. The van der Waals surface area contributed by atoms with E-state index in [1.165, 1.54) is 12.1 Å². The molecule has 0 radical (unpaired) electrons. The van der Waals surface area contributed by atoms with Crippen LogP contribution in [0.25, 0.3) is 0 Å². The van der Waals surface area contributed by atoms with E-state index in [0.29, 0.717) is 12.8 Å². The van der Waals surface area contributed by atoms with E-state index in [1.807, 2.05) is 0 Å². The molecule has 2 N–H and O–H groups in total. The van der Waals surface area contributed by atoms with Crippen molar-refractivity contribution in [3.63, 3.8) is 0 Å². The van der Waals surface area contributed by atoms with Gasteiger partial charge in [0.15, 0.2) is 0 Å². The van der Waals surface area contributed by atoms with Gasteiger partial charge in [-0.05, 0) is 37.5 Å². The molecular weight excluding hydrogens is 261 g/mol. The monoisotopic (exact) mass is 279 g/mol. The Morgan fingerprint density at radius 1 is 1.35 bits per heavy atom. The lowest BCUT2D eigenvalue weighted by Gasteiger charge is -2.28. The molecule has 1 aromatic rings. The van der Waals surface area contributed by atoms with E-state index in [4.69, 9.17) is 5.11 Å². The number of benzene rings is 1. The summed E-state index contributed by atoms with van der Waals surface area (Å²) in [5.74, 6) is -2.06. The zero-order valence-corrected chi connectivity index (χ0v) is 11.4. The summed E-state index contributed by atoms with van der Waals surface area (Å²) in [4.78, 5) is 23.1. The molecule has 0 aliphatic heterocycles. The number of rotatable bonds is 4. The molecule has 1 aromatic carbocycles. The van der Waals surface area contributed by atoms with Gasteiger partial charge >= 0.3 is 5.97 Å². The van der Waals surface area contributed by atoms with Crippen LogP contribution in [0, 0.1) is 12.7 Å². The van der Waals surface area contributed by atoms with Crippen LogP contribution in [0.1, 0.15) is 48.0 Å². The van der Waals surface area contributed by atoms with Crippen molar-refractivity contribution in [2.75, 3.05) is 0 Å². The van der Waals surface area contributed by atoms with Crippen LogP contribution in [0.15, 0.2) is 18.2 Å². The van der Waals surface area contributed by atoms with Gasteiger partial charge in [-0.3, -0.25) is 9.59 Å². The standard InChI is InChI=1S/C15H18FNO3/c1-10-4-5-11(12(16)8-10)14(20)17-15(9-13(18)19)6-2-3-7-15/h4-5,8H,2-3,6-7,9H2,1H3,(H,17,20)(H,18,19). The van der Waals surface area contributed by atoms with Gasteiger partial charge in [-0.1, -0.05) is 18.9 Å². The van der Waals surface area contributed by atoms with E-state index >= 15 is 0 Å².